The van der Waals surface area contributed by atoms with Crippen molar-refractivity contribution in [1.29, 1.82) is 0 Å². The zero-order chi connectivity index (χ0) is 17.6. The van der Waals surface area contributed by atoms with Crippen molar-refractivity contribution in [2.24, 2.45) is 11.3 Å². The van der Waals surface area contributed by atoms with E-state index in [0.29, 0.717) is 18.8 Å². The third-order valence-electron chi connectivity index (χ3n) is 5.65. The molecule has 8 heteroatoms. The molecular weight excluding hydrogens is 322 g/mol. The van der Waals surface area contributed by atoms with E-state index in [4.69, 9.17) is 0 Å². The molecule has 3 atom stereocenters. The van der Waals surface area contributed by atoms with Crippen molar-refractivity contribution < 1.29 is 14.7 Å². The molecule has 2 N–H and O–H groups in total. The summed E-state index contributed by atoms with van der Waals surface area (Å²) in [4.78, 5) is 26.0. The van der Waals surface area contributed by atoms with Crippen LogP contribution in [0, 0.1) is 11.3 Å². The van der Waals surface area contributed by atoms with Gasteiger partial charge in [-0.3, -0.25) is 9.20 Å². The molecule has 2 amide bonds. The van der Waals surface area contributed by atoms with Crippen molar-refractivity contribution >= 4 is 17.6 Å². The summed E-state index contributed by atoms with van der Waals surface area (Å²) in [7, 11) is 0. The zero-order valence-electron chi connectivity index (χ0n) is 14.1. The number of nitrogens with one attached hydrogen (secondary N) is 1. The quantitative estimate of drug-likeness (QED) is 0.883. The summed E-state index contributed by atoms with van der Waals surface area (Å²) in [5.41, 5.74) is -0.0403. The van der Waals surface area contributed by atoms with E-state index in [-0.39, 0.29) is 24.5 Å². The Hall–Kier alpha value is -2.64. The molecule has 0 radical (unpaired) electrons. The Balaban J connectivity index is 1.48. The Kier molecular flexibility index (Phi) is 3.63. The van der Waals surface area contributed by atoms with Crippen LogP contribution in [0.15, 0.2) is 24.4 Å². The fourth-order valence-corrected chi connectivity index (χ4v) is 4.29. The fourth-order valence-electron chi connectivity index (χ4n) is 4.29. The van der Waals surface area contributed by atoms with E-state index >= 15 is 0 Å². The van der Waals surface area contributed by atoms with Gasteiger partial charge in [-0.2, -0.15) is 0 Å². The number of hydrogen-bond acceptors (Lipinski definition) is 4. The molecule has 132 valence electrons. The van der Waals surface area contributed by atoms with Crippen molar-refractivity contribution in [3.8, 4) is 0 Å². The minimum atomic E-state index is -0.776. The van der Waals surface area contributed by atoms with Crippen LogP contribution in [0.25, 0.3) is 5.65 Å². The van der Waals surface area contributed by atoms with Crippen LogP contribution in [0.4, 0.5) is 4.79 Å². The summed E-state index contributed by atoms with van der Waals surface area (Å²) < 4.78 is 1.84. The van der Waals surface area contributed by atoms with Gasteiger partial charge in [0.05, 0.1) is 11.5 Å². The molecule has 1 aliphatic carbocycles. The number of aromatic nitrogens is 3. The molecule has 1 saturated heterocycles. The molecule has 0 spiro atoms. The summed E-state index contributed by atoms with van der Waals surface area (Å²) in [5, 5.41) is 20.8. The number of rotatable bonds is 3. The van der Waals surface area contributed by atoms with Gasteiger partial charge in [-0.1, -0.05) is 12.5 Å². The molecule has 1 unspecified atom stereocenters. The van der Waals surface area contributed by atoms with Gasteiger partial charge in [0.1, 0.15) is 0 Å². The van der Waals surface area contributed by atoms with Crippen LogP contribution in [0.5, 0.6) is 0 Å². The maximum absolute atomic E-state index is 12.6. The second kappa shape index (κ2) is 5.72. The van der Waals surface area contributed by atoms with Crippen LogP contribution < -0.4 is 5.32 Å². The molecule has 2 aromatic rings. The first kappa shape index (κ1) is 15.9. The van der Waals surface area contributed by atoms with E-state index in [0.717, 1.165) is 18.5 Å². The van der Waals surface area contributed by atoms with E-state index in [9.17, 15) is 14.7 Å². The zero-order valence-corrected chi connectivity index (χ0v) is 14.1. The number of urea groups is 1. The molecule has 3 heterocycles. The van der Waals surface area contributed by atoms with Gasteiger partial charge < -0.3 is 15.3 Å². The lowest BCUT2D eigenvalue weighted by Crippen LogP contribution is -2.42. The highest BCUT2D eigenvalue weighted by atomic mass is 16.4. The molecule has 1 aliphatic heterocycles. The van der Waals surface area contributed by atoms with Crippen LogP contribution in [0.2, 0.25) is 0 Å². The molecule has 4 rings (SSSR count). The first-order chi connectivity index (χ1) is 12.0. The Bertz CT molecular complexity index is 835. The van der Waals surface area contributed by atoms with E-state index in [2.05, 4.69) is 15.5 Å². The Labute approximate surface area is 144 Å². The first-order valence-corrected chi connectivity index (χ1v) is 8.60. The highest BCUT2D eigenvalue weighted by Crippen LogP contribution is 2.48. The lowest BCUT2D eigenvalue weighted by Gasteiger charge is -2.24. The minimum absolute atomic E-state index is 0.0555. The van der Waals surface area contributed by atoms with E-state index < -0.39 is 11.4 Å². The van der Waals surface area contributed by atoms with Gasteiger partial charge in [-0.05, 0) is 37.8 Å². The minimum Gasteiger partial charge on any atom is -0.481 e. The lowest BCUT2D eigenvalue weighted by atomic mass is 9.81. The third-order valence-corrected chi connectivity index (χ3v) is 5.65. The van der Waals surface area contributed by atoms with Gasteiger partial charge in [0, 0.05) is 19.3 Å². The predicted molar refractivity (Wildman–Crippen MR) is 88.9 cm³/mol. The number of amides is 2. The Morgan fingerprint density at radius 1 is 1.40 bits per heavy atom. The van der Waals surface area contributed by atoms with Crippen molar-refractivity contribution in [1.82, 2.24) is 24.8 Å². The van der Waals surface area contributed by atoms with Crippen molar-refractivity contribution in [3.63, 3.8) is 0 Å². The SMILES string of the molecule is CC(NC(=O)N1C[C@@H]2CCC[C@@]2(C(=O)O)C1)c1nnc2ccccn12. The number of carbonyl (C=O) groups is 2. The summed E-state index contributed by atoms with van der Waals surface area (Å²) in [5.74, 6) is -0.0712. The maximum Gasteiger partial charge on any atom is 0.318 e. The monoisotopic (exact) mass is 343 g/mol. The normalized spacial score (nSPS) is 26.6. The number of nitrogens with zero attached hydrogens (tertiary/aromatic N) is 4. The first-order valence-electron chi connectivity index (χ1n) is 8.60. The second-order valence-electron chi connectivity index (χ2n) is 7.09. The molecule has 2 aliphatic rings. The molecular formula is C17H21N5O3. The highest BCUT2D eigenvalue weighted by Gasteiger charge is 2.55. The topological polar surface area (TPSA) is 99.8 Å². The van der Waals surface area contributed by atoms with Crippen LogP contribution in [0.3, 0.4) is 0 Å². The van der Waals surface area contributed by atoms with Crippen molar-refractivity contribution in [2.45, 2.75) is 32.2 Å². The van der Waals surface area contributed by atoms with Gasteiger partial charge in [-0.15, -0.1) is 10.2 Å². The molecule has 8 nitrogen and oxygen atoms in total. The van der Waals surface area contributed by atoms with Crippen molar-refractivity contribution in [2.75, 3.05) is 13.1 Å². The number of pyridine rings is 1. The second-order valence-corrected chi connectivity index (χ2v) is 7.09. The largest absolute Gasteiger partial charge is 0.481 e. The van der Waals surface area contributed by atoms with E-state index in [1.54, 1.807) is 4.90 Å². The average Bonchev–Trinajstić information content (AvgIpc) is 3.26. The standard InChI is InChI=1S/C17H21N5O3/c1-11(14-20-19-13-6-2-3-8-22(13)14)18-16(25)21-9-12-5-4-7-17(12,10-21)15(23)24/h2-3,6,8,11-12H,4-5,7,9-10H2,1H3,(H,18,25)(H,23,24)/t11?,12-,17+/m0/s1. The van der Waals surface area contributed by atoms with Crippen LogP contribution in [-0.4, -0.2) is 49.7 Å². The number of carboxylic acids is 1. The van der Waals surface area contributed by atoms with Crippen LogP contribution in [-0.2, 0) is 4.79 Å². The number of carbonyl (C=O) groups excluding carboxylic acids is 1. The van der Waals surface area contributed by atoms with E-state index in [1.807, 2.05) is 35.7 Å². The average molecular weight is 343 g/mol. The Morgan fingerprint density at radius 2 is 2.24 bits per heavy atom. The van der Waals surface area contributed by atoms with E-state index in [1.165, 1.54) is 0 Å². The van der Waals surface area contributed by atoms with Gasteiger partial charge >= 0.3 is 12.0 Å². The third kappa shape index (κ3) is 2.43. The summed E-state index contributed by atoms with van der Waals surface area (Å²) in [6, 6.07) is 5.04. The number of fused-ring (bicyclic) bond motifs is 2. The number of likely N-dealkylation sites (tertiary alicyclic amines) is 1. The maximum atomic E-state index is 12.6. The molecule has 25 heavy (non-hydrogen) atoms. The van der Waals surface area contributed by atoms with Gasteiger partial charge in [0.25, 0.3) is 0 Å². The fraction of sp³-hybridized carbons (Fsp3) is 0.529. The summed E-state index contributed by atoms with van der Waals surface area (Å²) in [6.45, 7) is 2.64. The number of aliphatic carboxylic acids is 1. The predicted octanol–water partition coefficient (Wildman–Crippen LogP) is 1.69. The van der Waals surface area contributed by atoms with Crippen LogP contribution in [0.1, 0.15) is 38.1 Å². The lowest BCUT2D eigenvalue weighted by molar-refractivity contribution is -0.149. The smallest absolute Gasteiger partial charge is 0.318 e. The molecule has 2 fully saturated rings. The summed E-state index contributed by atoms with van der Waals surface area (Å²) >= 11 is 0. The molecule has 0 aromatic carbocycles. The molecule has 0 bridgehead atoms. The van der Waals surface area contributed by atoms with Gasteiger partial charge in [0.2, 0.25) is 0 Å². The van der Waals surface area contributed by atoms with Gasteiger partial charge in [-0.25, -0.2) is 4.79 Å². The summed E-state index contributed by atoms with van der Waals surface area (Å²) in [6.07, 6.45) is 4.31. The molecule has 2 aromatic heterocycles. The Morgan fingerprint density at radius 3 is 3.00 bits per heavy atom. The molecule has 1 saturated carbocycles. The van der Waals surface area contributed by atoms with Crippen LogP contribution >= 0.6 is 0 Å². The number of carboxylic acid groups (broad SMARTS) is 1. The van der Waals surface area contributed by atoms with Gasteiger partial charge in [0.15, 0.2) is 11.5 Å². The van der Waals surface area contributed by atoms with Crippen molar-refractivity contribution in [3.05, 3.63) is 30.2 Å². The highest BCUT2D eigenvalue weighted by molar-refractivity contribution is 5.80. The number of hydrogen-bond donors (Lipinski definition) is 2.